The number of benzene rings is 2. The van der Waals surface area contributed by atoms with Crippen molar-refractivity contribution >= 4 is 79.9 Å². The van der Waals surface area contributed by atoms with E-state index in [0.29, 0.717) is 20.5 Å². The third-order valence-corrected chi connectivity index (χ3v) is 10.0. The first-order valence-electron chi connectivity index (χ1n) is 14.3. The molecule has 1 amide bonds. The van der Waals surface area contributed by atoms with E-state index in [1.54, 1.807) is 6.07 Å². The molecule has 1 aliphatic rings. The summed E-state index contributed by atoms with van der Waals surface area (Å²) in [5.41, 5.74) is 0.514. The van der Waals surface area contributed by atoms with Crippen molar-refractivity contribution in [1.82, 2.24) is 4.90 Å². The monoisotopic (exact) mass is 733 g/mol. The summed E-state index contributed by atoms with van der Waals surface area (Å²) < 4.78 is 38.4. The highest BCUT2D eigenvalue weighted by Gasteiger charge is 2.34. The molecule has 1 aliphatic heterocycles. The van der Waals surface area contributed by atoms with Gasteiger partial charge in [-0.25, -0.2) is 4.39 Å². The van der Waals surface area contributed by atoms with Crippen LogP contribution >= 0.6 is 46.1 Å². The van der Waals surface area contributed by atoms with Crippen molar-refractivity contribution in [3.8, 4) is 23.0 Å². The van der Waals surface area contributed by atoms with E-state index in [2.05, 4.69) is 0 Å². The number of hydrogen-bond acceptors (Lipinski definition) is 9. The van der Waals surface area contributed by atoms with E-state index in [1.807, 2.05) is 0 Å². The van der Waals surface area contributed by atoms with E-state index in [4.69, 9.17) is 64.0 Å². The van der Waals surface area contributed by atoms with Gasteiger partial charge in [-0.15, -0.1) is 11.3 Å². The Kier molecular flexibility index (Phi) is 11.7. The topological polar surface area (TPSA) is 149 Å². The lowest BCUT2D eigenvalue weighted by atomic mass is 10.0. The highest BCUT2D eigenvalue weighted by molar-refractivity contribution is 7.21. The van der Waals surface area contributed by atoms with Crippen molar-refractivity contribution in [2.45, 2.75) is 46.2 Å². The Hall–Kier alpha value is -3.52. The molecule has 0 spiro atoms. The van der Waals surface area contributed by atoms with Gasteiger partial charge in [-0.05, 0) is 6.07 Å². The molecular weight excluding hydrogens is 704 g/mol. The van der Waals surface area contributed by atoms with Crippen LogP contribution in [0, 0.1) is 17.7 Å². The zero-order valence-corrected chi connectivity index (χ0v) is 28.8. The quantitative estimate of drug-likeness (QED) is 0.122. The molecule has 254 valence electrons. The van der Waals surface area contributed by atoms with Gasteiger partial charge in [0, 0.05) is 48.9 Å². The van der Waals surface area contributed by atoms with Gasteiger partial charge < -0.3 is 34.1 Å². The summed E-state index contributed by atoms with van der Waals surface area (Å²) in [5.74, 6) is -5.51. The Morgan fingerprint density at radius 3 is 1.98 bits per heavy atom. The second-order valence-corrected chi connectivity index (χ2v) is 13.1. The number of carboxylic acid groups (broad SMARTS) is 2. The predicted molar refractivity (Wildman–Crippen MR) is 173 cm³/mol. The number of aliphatic carboxylic acids is 2. The molecule has 11 nitrogen and oxygen atoms in total. The summed E-state index contributed by atoms with van der Waals surface area (Å²) in [5, 5.41) is 19.1. The second-order valence-electron chi connectivity index (χ2n) is 10.9. The minimum atomic E-state index is -1.11. The fourth-order valence-corrected chi connectivity index (χ4v) is 7.02. The van der Waals surface area contributed by atoms with Gasteiger partial charge in [0.2, 0.25) is 5.91 Å². The van der Waals surface area contributed by atoms with Crippen LogP contribution in [0.1, 0.15) is 53.9 Å². The largest absolute Gasteiger partial charge is 0.491 e. The number of nitrogens with zero attached hydrogens (tertiary/aromatic N) is 1. The lowest BCUT2D eigenvalue weighted by Crippen LogP contribution is -2.28. The molecule has 1 aromatic heterocycles. The van der Waals surface area contributed by atoms with Gasteiger partial charge in [-0.1, -0.05) is 48.7 Å². The van der Waals surface area contributed by atoms with Crippen LogP contribution in [0.25, 0.3) is 10.1 Å². The normalized spacial score (nSPS) is 13.7. The van der Waals surface area contributed by atoms with Crippen molar-refractivity contribution < 1.29 is 52.7 Å². The third kappa shape index (κ3) is 7.48. The highest BCUT2D eigenvalue weighted by atomic mass is 35.5. The molecule has 2 unspecified atom stereocenters. The van der Waals surface area contributed by atoms with Crippen molar-refractivity contribution in [2.75, 3.05) is 27.4 Å². The van der Waals surface area contributed by atoms with Crippen LogP contribution in [0.2, 0.25) is 15.1 Å². The standard InChI is InChI=1S/C31H31Cl3FNO10S/c1-13(30(39)40)8-18(37)19-10-15-21(32)26(25(43-3)23(34)29(15)47-19)45-6-5-7-46-27-22(33)16-11-36(20(38)9-14(2)31(41)42)12-17(16)24(35)28(27)44-4/h10,13-14H,5-9,11-12H2,1-4H3,(H,39,40)(H,41,42). The first kappa shape index (κ1) is 36.3. The molecular formula is C31H31Cl3FNO10S. The van der Waals surface area contributed by atoms with E-state index in [-0.39, 0.29) is 95.0 Å². The summed E-state index contributed by atoms with van der Waals surface area (Å²) >= 11 is 20.9. The Balaban J connectivity index is 1.46. The highest BCUT2D eigenvalue weighted by Crippen LogP contribution is 2.50. The minimum Gasteiger partial charge on any atom is -0.491 e. The maximum absolute atomic E-state index is 15.5. The van der Waals surface area contributed by atoms with E-state index in [0.717, 1.165) is 11.3 Å². The van der Waals surface area contributed by atoms with Crippen molar-refractivity contribution in [3.63, 3.8) is 0 Å². The molecule has 2 aromatic carbocycles. The Bertz CT molecular complexity index is 1750. The first-order chi connectivity index (χ1) is 22.2. The summed E-state index contributed by atoms with van der Waals surface area (Å²) in [4.78, 5) is 49.4. The van der Waals surface area contributed by atoms with Gasteiger partial charge in [-0.3, -0.25) is 19.2 Å². The average molecular weight is 735 g/mol. The molecule has 4 rings (SSSR count). The predicted octanol–water partition coefficient (Wildman–Crippen LogP) is 7.11. The van der Waals surface area contributed by atoms with Crippen molar-refractivity contribution in [1.29, 1.82) is 0 Å². The number of ketones is 1. The van der Waals surface area contributed by atoms with E-state index in [1.165, 1.54) is 33.0 Å². The van der Waals surface area contributed by atoms with Crippen LogP contribution < -0.4 is 18.9 Å². The minimum absolute atomic E-state index is 0.00184. The molecule has 0 bridgehead atoms. The number of amides is 1. The zero-order valence-electron chi connectivity index (χ0n) is 25.7. The van der Waals surface area contributed by atoms with Crippen LogP contribution in [-0.2, 0) is 27.5 Å². The molecule has 2 atom stereocenters. The number of rotatable bonds is 15. The van der Waals surface area contributed by atoms with Gasteiger partial charge in [0.25, 0.3) is 0 Å². The molecule has 0 radical (unpaired) electrons. The number of carbonyl (C=O) groups is 4. The lowest BCUT2D eigenvalue weighted by Gasteiger charge is -2.17. The number of Topliss-reactive ketones (excluding diaryl/α,β-unsaturated/α-hetero) is 1. The van der Waals surface area contributed by atoms with Gasteiger partial charge in [0.1, 0.15) is 5.02 Å². The summed E-state index contributed by atoms with van der Waals surface area (Å²) in [6.07, 6.45) is -0.178. The molecule has 2 heterocycles. The van der Waals surface area contributed by atoms with Gasteiger partial charge >= 0.3 is 11.9 Å². The molecule has 0 saturated heterocycles. The summed E-state index contributed by atoms with van der Waals surface area (Å²) in [7, 11) is 2.64. The van der Waals surface area contributed by atoms with E-state index < -0.39 is 35.5 Å². The van der Waals surface area contributed by atoms with Crippen molar-refractivity contribution in [2.24, 2.45) is 11.8 Å². The Morgan fingerprint density at radius 1 is 0.851 bits per heavy atom. The van der Waals surface area contributed by atoms with Crippen LogP contribution in [0.15, 0.2) is 6.07 Å². The molecule has 2 N–H and O–H groups in total. The number of thiophene rings is 1. The average Bonchev–Trinajstić information content (AvgIpc) is 3.68. The summed E-state index contributed by atoms with van der Waals surface area (Å²) in [6, 6.07) is 1.54. The molecule has 0 fully saturated rings. The summed E-state index contributed by atoms with van der Waals surface area (Å²) in [6.45, 7) is 2.80. The van der Waals surface area contributed by atoms with Gasteiger partial charge in [0.15, 0.2) is 34.6 Å². The number of hydrogen-bond donors (Lipinski definition) is 2. The van der Waals surface area contributed by atoms with Crippen molar-refractivity contribution in [3.05, 3.63) is 43.0 Å². The fraction of sp³-hybridized carbons (Fsp3) is 0.419. The smallest absolute Gasteiger partial charge is 0.306 e. The number of halogens is 4. The molecule has 0 saturated carbocycles. The SMILES string of the molecule is COc1c(F)c2c(c(Cl)c1OCCCOc1c(OC)c(Cl)c3sc(C(=O)CC(C)C(=O)O)cc3c1Cl)CN(C(=O)CC(C)C(=O)O)C2. The maximum Gasteiger partial charge on any atom is 0.306 e. The van der Waals surface area contributed by atoms with E-state index in [9.17, 15) is 19.2 Å². The number of fused-ring (bicyclic) bond motifs is 2. The first-order valence-corrected chi connectivity index (χ1v) is 16.2. The zero-order chi connectivity index (χ0) is 34.7. The lowest BCUT2D eigenvalue weighted by molar-refractivity contribution is -0.145. The maximum atomic E-state index is 15.5. The number of carbonyl (C=O) groups excluding carboxylic acids is 2. The molecule has 16 heteroatoms. The number of methoxy groups -OCH3 is 2. The van der Waals surface area contributed by atoms with Crippen LogP contribution in [-0.4, -0.2) is 66.2 Å². The molecule has 0 aliphatic carbocycles. The van der Waals surface area contributed by atoms with Gasteiger partial charge in [0.05, 0.1) is 58.9 Å². The van der Waals surface area contributed by atoms with Gasteiger partial charge in [-0.2, -0.15) is 0 Å². The Morgan fingerprint density at radius 2 is 1.40 bits per heavy atom. The van der Waals surface area contributed by atoms with Crippen LogP contribution in [0.4, 0.5) is 4.39 Å². The number of ether oxygens (including phenoxy) is 4. The fourth-order valence-electron chi connectivity index (χ4n) is 4.94. The van der Waals surface area contributed by atoms with Crippen LogP contribution in [0.5, 0.6) is 23.0 Å². The third-order valence-electron chi connectivity index (χ3n) is 7.60. The molecule has 3 aromatic rings. The Labute approximate surface area is 288 Å². The second kappa shape index (κ2) is 15.1. The van der Waals surface area contributed by atoms with Crippen LogP contribution in [0.3, 0.4) is 0 Å². The molecule has 47 heavy (non-hydrogen) atoms. The van der Waals surface area contributed by atoms with E-state index >= 15 is 4.39 Å². The number of carboxylic acids is 2.